The fourth-order valence-corrected chi connectivity index (χ4v) is 4.92. The number of aliphatic hydroxyl groups excluding tert-OH is 1. The summed E-state index contributed by atoms with van der Waals surface area (Å²) in [6.45, 7) is 1.27. The van der Waals surface area contributed by atoms with Gasteiger partial charge in [0.15, 0.2) is 0 Å². The Morgan fingerprint density at radius 3 is 2.52 bits per heavy atom. The van der Waals surface area contributed by atoms with Gasteiger partial charge in [0.05, 0.1) is 12.6 Å². The lowest BCUT2D eigenvalue weighted by atomic mass is 9.84. The maximum atomic E-state index is 13.3. The van der Waals surface area contributed by atoms with Gasteiger partial charge in [0.1, 0.15) is 18.9 Å². The van der Waals surface area contributed by atoms with Gasteiger partial charge >= 0.3 is 6.09 Å². The van der Waals surface area contributed by atoms with Gasteiger partial charge in [0.25, 0.3) is 0 Å². The number of benzene rings is 1. The molecule has 4 N–H and O–H groups in total. The number of methoxy groups -OCH3 is 1. The number of carbonyl (C=O) groups excluding carboxylic acids is 2. The van der Waals surface area contributed by atoms with E-state index in [0.717, 1.165) is 44.2 Å². The molecular weight excluding hydrogens is 422 g/mol. The molecule has 1 aromatic rings. The highest BCUT2D eigenvalue weighted by Gasteiger charge is 2.31. The SMILES string of the molecule is COC[C@H](C[C@@H]1CCNC1O)NC(=O)[C@H](CC1CCCCC1)NC(=O)OCc1ccccc1. The Labute approximate surface area is 196 Å². The van der Waals surface area contributed by atoms with E-state index in [-0.39, 0.29) is 24.5 Å². The minimum Gasteiger partial charge on any atom is -0.445 e. The molecule has 184 valence electrons. The molecule has 0 aromatic heterocycles. The molecule has 1 heterocycles. The van der Waals surface area contributed by atoms with Crippen LogP contribution in [0.5, 0.6) is 0 Å². The molecule has 8 heteroatoms. The second kappa shape index (κ2) is 13.5. The summed E-state index contributed by atoms with van der Waals surface area (Å²) >= 11 is 0. The Hall–Kier alpha value is -2.16. The van der Waals surface area contributed by atoms with E-state index in [0.29, 0.717) is 25.4 Å². The van der Waals surface area contributed by atoms with E-state index in [4.69, 9.17) is 9.47 Å². The van der Waals surface area contributed by atoms with E-state index < -0.39 is 18.4 Å². The van der Waals surface area contributed by atoms with Gasteiger partial charge in [0, 0.05) is 13.0 Å². The van der Waals surface area contributed by atoms with Crippen molar-refractivity contribution >= 4 is 12.0 Å². The number of hydrogen-bond donors (Lipinski definition) is 4. The first-order chi connectivity index (χ1) is 16.0. The molecule has 1 saturated carbocycles. The van der Waals surface area contributed by atoms with Crippen LogP contribution in [-0.4, -0.2) is 55.7 Å². The Morgan fingerprint density at radius 2 is 1.85 bits per heavy atom. The monoisotopic (exact) mass is 461 g/mol. The van der Waals surface area contributed by atoms with Gasteiger partial charge in [-0.2, -0.15) is 0 Å². The molecule has 33 heavy (non-hydrogen) atoms. The minimum absolute atomic E-state index is 0.0611. The summed E-state index contributed by atoms with van der Waals surface area (Å²) in [6, 6.07) is 8.57. The highest BCUT2D eigenvalue weighted by molar-refractivity contribution is 5.85. The van der Waals surface area contributed by atoms with Crippen molar-refractivity contribution in [2.45, 2.75) is 76.3 Å². The summed E-state index contributed by atoms with van der Waals surface area (Å²) in [5.74, 6) is 0.247. The zero-order valence-corrected chi connectivity index (χ0v) is 19.6. The van der Waals surface area contributed by atoms with Crippen LogP contribution < -0.4 is 16.0 Å². The zero-order chi connectivity index (χ0) is 23.5. The number of ether oxygens (including phenoxy) is 2. The highest BCUT2D eigenvalue weighted by Crippen LogP contribution is 2.27. The van der Waals surface area contributed by atoms with Crippen molar-refractivity contribution in [2.75, 3.05) is 20.3 Å². The molecular formula is C25H39N3O5. The molecule has 0 radical (unpaired) electrons. The first-order valence-electron chi connectivity index (χ1n) is 12.2. The van der Waals surface area contributed by atoms with Crippen molar-refractivity contribution in [3.05, 3.63) is 35.9 Å². The lowest BCUT2D eigenvalue weighted by Gasteiger charge is -2.29. The summed E-state index contributed by atoms with van der Waals surface area (Å²) in [7, 11) is 1.60. The van der Waals surface area contributed by atoms with E-state index in [1.165, 1.54) is 6.42 Å². The molecule has 3 rings (SSSR count). The Bertz CT molecular complexity index is 726. The molecule has 4 atom stereocenters. The lowest BCUT2D eigenvalue weighted by Crippen LogP contribution is -2.52. The molecule has 1 saturated heterocycles. The number of alkyl carbamates (subject to hydrolysis) is 1. The Morgan fingerprint density at radius 1 is 1.09 bits per heavy atom. The van der Waals surface area contributed by atoms with E-state index >= 15 is 0 Å². The van der Waals surface area contributed by atoms with E-state index in [1.807, 2.05) is 30.3 Å². The molecule has 1 unspecified atom stereocenters. The van der Waals surface area contributed by atoms with Crippen molar-refractivity contribution in [2.24, 2.45) is 11.8 Å². The van der Waals surface area contributed by atoms with Crippen LogP contribution in [0, 0.1) is 11.8 Å². The topological polar surface area (TPSA) is 109 Å². The maximum absolute atomic E-state index is 13.3. The van der Waals surface area contributed by atoms with Gasteiger partial charge < -0.3 is 25.2 Å². The number of hydrogen-bond acceptors (Lipinski definition) is 6. The van der Waals surface area contributed by atoms with E-state index in [9.17, 15) is 14.7 Å². The third-order valence-corrected chi connectivity index (χ3v) is 6.73. The van der Waals surface area contributed by atoms with E-state index in [2.05, 4.69) is 16.0 Å². The number of amides is 2. The van der Waals surface area contributed by atoms with Crippen molar-refractivity contribution in [1.29, 1.82) is 0 Å². The lowest BCUT2D eigenvalue weighted by molar-refractivity contribution is -0.125. The second-order valence-electron chi connectivity index (χ2n) is 9.34. The Kier molecular flexibility index (Phi) is 10.4. The molecule has 0 spiro atoms. The average Bonchev–Trinajstić information content (AvgIpc) is 3.23. The van der Waals surface area contributed by atoms with Gasteiger partial charge in [-0.1, -0.05) is 62.4 Å². The second-order valence-corrected chi connectivity index (χ2v) is 9.34. The molecule has 1 aliphatic heterocycles. The number of aliphatic hydroxyl groups is 1. The first kappa shape index (κ1) is 25.5. The van der Waals surface area contributed by atoms with Crippen LogP contribution in [0.2, 0.25) is 0 Å². The molecule has 1 aliphatic carbocycles. The number of rotatable bonds is 11. The molecule has 2 amide bonds. The predicted octanol–water partition coefficient (Wildman–Crippen LogP) is 2.70. The summed E-state index contributed by atoms with van der Waals surface area (Å²) in [5, 5.41) is 19.0. The van der Waals surface area contributed by atoms with Crippen molar-refractivity contribution < 1.29 is 24.2 Å². The van der Waals surface area contributed by atoms with Crippen LogP contribution in [0.3, 0.4) is 0 Å². The van der Waals surface area contributed by atoms with Crippen molar-refractivity contribution in [3.8, 4) is 0 Å². The van der Waals surface area contributed by atoms with E-state index in [1.54, 1.807) is 7.11 Å². The molecule has 0 bridgehead atoms. The molecule has 2 aliphatic rings. The highest BCUT2D eigenvalue weighted by atomic mass is 16.5. The number of carbonyl (C=O) groups is 2. The molecule has 8 nitrogen and oxygen atoms in total. The minimum atomic E-state index is -0.664. The largest absolute Gasteiger partial charge is 0.445 e. The standard InChI is InChI=1S/C25H39N3O5/c1-32-17-21(15-20-12-13-26-23(20)29)27-24(30)22(14-18-8-4-2-5-9-18)28-25(31)33-16-19-10-6-3-7-11-19/h3,6-7,10-11,18,20-23,26,29H,2,4-5,8-9,12-17H2,1H3,(H,27,30)(H,28,31)/t20-,21-,22-,23?/m0/s1. The zero-order valence-electron chi connectivity index (χ0n) is 19.6. The van der Waals surface area contributed by atoms with Gasteiger partial charge in [0.2, 0.25) is 5.91 Å². The van der Waals surface area contributed by atoms with Gasteiger partial charge in [-0.15, -0.1) is 0 Å². The predicted molar refractivity (Wildman–Crippen MR) is 125 cm³/mol. The Balaban J connectivity index is 1.59. The number of nitrogens with one attached hydrogen (secondary N) is 3. The van der Waals surface area contributed by atoms with Crippen LogP contribution >= 0.6 is 0 Å². The smallest absolute Gasteiger partial charge is 0.408 e. The summed E-state index contributed by atoms with van der Waals surface area (Å²) < 4.78 is 10.7. The van der Waals surface area contributed by atoms with Crippen LogP contribution in [0.4, 0.5) is 4.79 Å². The molecule has 1 aromatic carbocycles. The summed E-state index contributed by atoms with van der Waals surface area (Å²) in [6.07, 6.45) is 6.62. The third kappa shape index (κ3) is 8.61. The van der Waals surface area contributed by atoms with Crippen LogP contribution in [0.25, 0.3) is 0 Å². The van der Waals surface area contributed by atoms with Gasteiger partial charge in [-0.3, -0.25) is 10.1 Å². The average molecular weight is 462 g/mol. The quantitative estimate of drug-likeness (QED) is 0.404. The maximum Gasteiger partial charge on any atom is 0.408 e. The van der Waals surface area contributed by atoms with Gasteiger partial charge in [-0.05, 0) is 37.3 Å². The van der Waals surface area contributed by atoms with Crippen molar-refractivity contribution in [1.82, 2.24) is 16.0 Å². The fourth-order valence-electron chi connectivity index (χ4n) is 4.92. The van der Waals surface area contributed by atoms with Crippen LogP contribution in [0.1, 0.15) is 56.9 Å². The normalized spacial score (nSPS) is 23.0. The summed E-state index contributed by atoms with van der Waals surface area (Å²) in [5.41, 5.74) is 0.893. The van der Waals surface area contributed by atoms with Crippen LogP contribution in [-0.2, 0) is 20.9 Å². The third-order valence-electron chi connectivity index (χ3n) is 6.73. The fraction of sp³-hybridized carbons (Fsp3) is 0.680. The van der Waals surface area contributed by atoms with Crippen LogP contribution in [0.15, 0.2) is 30.3 Å². The first-order valence-corrected chi connectivity index (χ1v) is 12.2. The van der Waals surface area contributed by atoms with Gasteiger partial charge in [-0.25, -0.2) is 4.79 Å². The summed E-state index contributed by atoms with van der Waals surface area (Å²) in [4.78, 5) is 25.8. The molecule has 2 fully saturated rings. The van der Waals surface area contributed by atoms with Crippen molar-refractivity contribution in [3.63, 3.8) is 0 Å².